The van der Waals surface area contributed by atoms with Gasteiger partial charge in [0.1, 0.15) is 17.1 Å². The van der Waals surface area contributed by atoms with Gasteiger partial charge in [0.25, 0.3) is 5.91 Å². The molecule has 3 atom stereocenters. The minimum absolute atomic E-state index is 0.120. The smallest absolute Gasteiger partial charge is 0.361 e. The van der Waals surface area contributed by atoms with Gasteiger partial charge in [-0.2, -0.15) is 13.2 Å². The van der Waals surface area contributed by atoms with E-state index in [9.17, 15) is 18.0 Å². The zero-order valence-electron chi connectivity index (χ0n) is 20.0. The second-order valence-corrected chi connectivity index (χ2v) is 9.65. The van der Waals surface area contributed by atoms with E-state index in [0.717, 1.165) is 49.2 Å². The molecular formula is C27H27F3N4O2. The van der Waals surface area contributed by atoms with Crippen LogP contribution in [0.3, 0.4) is 0 Å². The van der Waals surface area contributed by atoms with Gasteiger partial charge in [0.15, 0.2) is 0 Å². The summed E-state index contributed by atoms with van der Waals surface area (Å²) in [5.74, 6) is 1.54. The number of benzene rings is 1. The summed E-state index contributed by atoms with van der Waals surface area (Å²) in [5.41, 5.74) is 3.50. The number of pyridine rings is 1. The molecule has 0 saturated heterocycles. The third-order valence-corrected chi connectivity index (χ3v) is 7.19. The molecule has 2 aromatic heterocycles. The van der Waals surface area contributed by atoms with Crippen LogP contribution >= 0.6 is 0 Å². The Morgan fingerprint density at radius 1 is 1.17 bits per heavy atom. The molecule has 2 heterocycles. The first-order chi connectivity index (χ1) is 17.2. The Bertz CT molecular complexity index is 1280. The Morgan fingerprint density at radius 2 is 2.00 bits per heavy atom. The van der Waals surface area contributed by atoms with Gasteiger partial charge in [0.05, 0.1) is 11.3 Å². The van der Waals surface area contributed by atoms with Crippen LogP contribution in [0.15, 0.2) is 52.7 Å². The lowest BCUT2D eigenvalue weighted by atomic mass is 9.65. The first-order valence-electron chi connectivity index (χ1n) is 12.0. The summed E-state index contributed by atoms with van der Waals surface area (Å²) < 4.78 is 43.5. The van der Waals surface area contributed by atoms with Crippen LogP contribution in [-0.4, -0.2) is 22.1 Å². The standard InChI is InChI=1S/C27H27F3N4O2/c1-15-25(16(2)36-34-15)26(35)33-23-13-18-6-7-19(23)12-20(18)10-17-4-3-5-22(11-17)32-24-9-8-21(14-31-24)27(28,29)30/h3-5,8-11,14,18-19,23H,6-7,12-13H2,1-2H3,(H,31,32)(H,33,35)/b20-10+. The molecule has 0 radical (unpaired) electrons. The average Bonchev–Trinajstić information content (AvgIpc) is 3.18. The molecule has 6 rings (SSSR count). The largest absolute Gasteiger partial charge is 0.417 e. The second-order valence-electron chi connectivity index (χ2n) is 9.65. The highest BCUT2D eigenvalue weighted by Gasteiger charge is 2.39. The number of hydrogen-bond donors (Lipinski definition) is 2. The lowest BCUT2D eigenvalue weighted by Crippen LogP contribution is -2.48. The summed E-state index contributed by atoms with van der Waals surface area (Å²) in [4.78, 5) is 16.7. The quantitative estimate of drug-likeness (QED) is 0.424. The first-order valence-corrected chi connectivity index (χ1v) is 12.0. The van der Waals surface area contributed by atoms with Crippen LogP contribution in [0.5, 0.6) is 0 Å². The van der Waals surface area contributed by atoms with E-state index in [-0.39, 0.29) is 11.9 Å². The highest BCUT2D eigenvalue weighted by molar-refractivity contribution is 5.96. The predicted molar refractivity (Wildman–Crippen MR) is 130 cm³/mol. The van der Waals surface area contributed by atoms with Crippen molar-refractivity contribution in [2.75, 3.05) is 5.32 Å². The Kier molecular flexibility index (Phi) is 6.32. The van der Waals surface area contributed by atoms with E-state index in [1.54, 1.807) is 13.8 Å². The maximum atomic E-state index is 12.8. The number of aromatic nitrogens is 2. The number of alkyl halides is 3. The van der Waals surface area contributed by atoms with Crippen LogP contribution in [0.4, 0.5) is 24.7 Å². The van der Waals surface area contributed by atoms with Gasteiger partial charge >= 0.3 is 6.18 Å². The van der Waals surface area contributed by atoms with E-state index in [2.05, 4.69) is 26.9 Å². The monoisotopic (exact) mass is 496 g/mol. The third kappa shape index (κ3) is 5.01. The number of nitrogens with one attached hydrogen (secondary N) is 2. The van der Waals surface area contributed by atoms with Gasteiger partial charge < -0.3 is 15.2 Å². The number of carbonyl (C=O) groups is 1. The molecule has 188 valence electrons. The molecule has 3 aliphatic carbocycles. The number of aryl methyl sites for hydroxylation is 2. The molecule has 6 nitrogen and oxygen atoms in total. The number of halogens is 3. The maximum Gasteiger partial charge on any atom is 0.417 e. The minimum atomic E-state index is -4.41. The number of carbonyl (C=O) groups excluding carboxylic acids is 1. The van der Waals surface area contributed by atoms with Gasteiger partial charge in [0, 0.05) is 17.9 Å². The van der Waals surface area contributed by atoms with E-state index in [4.69, 9.17) is 4.52 Å². The highest BCUT2D eigenvalue weighted by Crippen LogP contribution is 2.45. The topological polar surface area (TPSA) is 80.0 Å². The molecule has 3 aliphatic rings. The van der Waals surface area contributed by atoms with Crippen LogP contribution in [0.1, 0.15) is 58.6 Å². The van der Waals surface area contributed by atoms with Crippen molar-refractivity contribution in [2.45, 2.75) is 51.7 Å². The van der Waals surface area contributed by atoms with Crippen molar-refractivity contribution >= 4 is 23.5 Å². The molecule has 0 spiro atoms. The number of fused-ring (bicyclic) bond motifs is 3. The number of hydrogen-bond acceptors (Lipinski definition) is 5. The fourth-order valence-corrected chi connectivity index (χ4v) is 5.39. The van der Waals surface area contributed by atoms with Crippen LogP contribution in [-0.2, 0) is 6.18 Å². The van der Waals surface area contributed by atoms with Gasteiger partial charge in [0.2, 0.25) is 0 Å². The van der Waals surface area contributed by atoms with Crippen LogP contribution in [0.2, 0.25) is 0 Å². The van der Waals surface area contributed by atoms with E-state index in [1.807, 2.05) is 24.3 Å². The fraction of sp³-hybridized carbons (Fsp3) is 0.370. The van der Waals surface area contributed by atoms with E-state index in [1.165, 1.54) is 11.6 Å². The van der Waals surface area contributed by atoms with Crippen molar-refractivity contribution in [1.82, 2.24) is 15.5 Å². The summed E-state index contributed by atoms with van der Waals surface area (Å²) in [5, 5.41) is 10.2. The SMILES string of the molecule is Cc1noc(C)c1C(=O)NC1CC2CCC1C/C2=C\c1cccc(Nc2ccc(C(F)(F)F)cn2)c1. The number of nitrogens with zero attached hydrogens (tertiary/aromatic N) is 2. The van der Waals surface area contributed by atoms with Gasteiger partial charge in [-0.1, -0.05) is 28.9 Å². The van der Waals surface area contributed by atoms with Crippen molar-refractivity contribution in [3.05, 3.63) is 76.3 Å². The van der Waals surface area contributed by atoms with Crippen molar-refractivity contribution in [3.8, 4) is 0 Å². The number of allylic oxidation sites excluding steroid dienone is 1. The molecule has 3 fully saturated rings. The summed E-state index contributed by atoms with van der Waals surface area (Å²) in [7, 11) is 0. The minimum Gasteiger partial charge on any atom is -0.361 e. The molecule has 0 aliphatic heterocycles. The van der Waals surface area contributed by atoms with E-state index < -0.39 is 11.7 Å². The molecule has 2 N–H and O–H groups in total. The van der Waals surface area contributed by atoms with Crippen molar-refractivity contribution in [3.63, 3.8) is 0 Å². The van der Waals surface area contributed by atoms with Crippen LogP contribution < -0.4 is 10.6 Å². The molecule has 9 heteroatoms. The third-order valence-electron chi connectivity index (χ3n) is 7.19. The summed E-state index contributed by atoms with van der Waals surface area (Å²) >= 11 is 0. The lowest BCUT2D eigenvalue weighted by molar-refractivity contribution is -0.137. The molecule has 1 amide bonds. The maximum absolute atomic E-state index is 12.8. The summed E-state index contributed by atoms with van der Waals surface area (Å²) in [6, 6.07) is 10.2. The Hall–Kier alpha value is -3.62. The van der Waals surface area contributed by atoms with Gasteiger partial charge in [-0.05, 0) is 81.2 Å². The number of anilines is 2. The molecule has 3 unspecified atom stereocenters. The Morgan fingerprint density at radius 3 is 2.64 bits per heavy atom. The zero-order valence-corrected chi connectivity index (χ0v) is 20.0. The summed E-state index contributed by atoms with van der Waals surface area (Å²) in [6.45, 7) is 3.52. The van der Waals surface area contributed by atoms with Crippen molar-refractivity contribution in [1.29, 1.82) is 0 Å². The van der Waals surface area contributed by atoms with Gasteiger partial charge in [-0.3, -0.25) is 4.79 Å². The lowest BCUT2D eigenvalue weighted by Gasteiger charge is -2.44. The number of amides is 1. The molecular weight excluding hydrogens is 469 g/mol. The van der Waals surface area contributed by atoms with E-state index >= 15 is 0 Å². The highest BCUT2D eigenvalue weighted by atomic mass is 19.4. The average molecular weight is 497 g/mol. The summed E-state index contributed by atoms with van der Waals surface area (Å²) in [6.07, 6.45) is 2.63. The Balaban J connectivity index is 1.25. The second kappa shape index (κ2) is 9.44. The molecule has 1 aromatic carbocycles. The van der Waals surface area contributed by atoms with E-state index in [0.29, 0.717) is 34.7 Å². The van der Waals surface area contributed by atoms with Crippen LogP contribution in [0, 0.1) is 25.7 Å². The van der Waals surface area contributed by atoms with Gasteiger partial charge in [-0.25, -0.2) is 4.98 Å². The molecule has 3 aromatic rings. The zero-order chi connectivity index (χ0) is 25.4. The number of rotatable bonds is 5. The fourth-order valence-electron chi connectivity index (χ4n) is 5.39. The normalized spacial score (nSPS) is 22.6. The van der Waals surface area contributed by atoms with Gasteiger partial charge in [-0.15, -0.1) is 0 Å². The van der Waals surface area contributed by atoms with Crippen LogP contribution in [0.25, 0.3) is 6.08 Å². The Labute approximate surface area is 207 Å². The van der Waals surface area contributed by atoms with Crippen molar-refractivity contribution < 1.29 is 22.5 Å². The molecule has 3 saturated carbocycles. The predicted octanol–water partition coefficient (Wildman–Crippen LogP) is 6.45. The van der Waals surface area contributed by atoms with Crippen molar-refractivity contribution in [2.24, 2.45) is 11.8 Å². The first kappa shape index (κ1) is 24.1. The molecule has 2 bridgehead atoms. The molecule has 36 heavy (non-hydrogen) atoms.